The quantitative estimate of drug-likeness (QED) is 0.576. The molecule has 136 valence electrons. The molecule has 2 rings (SSSR count). The summed E-state index contributed by atoms with van der Waals surface area (Å²) < 4.78 is 5.83. The number of hydrogen-bond donors (Lipinski definition) is 1. The number of aryl methyl sites for hydroxylation is 2. The minimum atomic E-state index is 0.361. The summed E-state index contributed by atoms with van der Waals surface area (Å²) in [6.07, 6.45) is 5.91. The number of benzene rings is 2. The lowest BCUT2D eigenvalue weighted by Gasteiger charge is -2.17. The molecular formula is C23H33NO. The molecule has 0 fully saturated rings. The summed E-state index contributed by atoms with van der Waals surface area (Å²) in [6, 6.07) is 15.3. The molecule has 0 radical (unpaired) electrons. The van der Waals surface area contributed by atoms with Crippen molar-refractivity contribution in [1.82, 2.24) is 0 Å². The van der Waals surface area contributed by atoms with E-state index < -0.39 is 0 Å². The lowest BCUT2D eigenvalue weighted by atomic mass is 9.90. The van der Waals surface area contributed by atoms with Crippen LogP contribution in [0.3, 0.4) is 0 Å². The van der Waals surface area contributed by atoms with Crippen molar-refractivity contribution in [3.8, 4) is 5.75 Å². The Hall–Kier alpha value is -1.80. The molecule has 0 aliphatic rings. The lowest BCUT2D eigenvalue weighted by molar-refractivity contribution is 0.305. The van der Waals surface area contributed by atoms with Crippen LogP contribution in [0.25, 0.3) is 0 Å². The maximum absolute atomic E-state index is 6.06. The molecule has 0 bridgehead atoms. The first kappa shape index (κ1) is 19.5. The third-order valence-electron chi connectivity index (χ3n) is 4.67. The first-order chi connectivity index (χ1) is 12.1. The largest absolute Gasteiger partial charge is 0.494 e. The smallest absolute Gasteiger partial charge is 0.119 e. The minimum Gasteiger partial charge on any atom is -0.494 e. The van der Waals surface area contributed by atoms with Gasteiger partial charge in [-0.2, -0.15) is 0 Å². The Morgan fingerprint density at radius 1 is 0.920 bits per heavy atom. The number of rotatable bonds is 10. The Bertz CT molecular complexity index is 613. The van der Waals surface area contributed by atoms with Gasteiger partial charge in [0, 0.05) is 5.92 Å². The van der Waals surface area contributed by atoms with E-state index in [9.17, 15) is 0 Å². The summed E-state index contributed by atoms with van der Waals surface area (Å²) in [4.78, 5) is 0. The van der Waals surface area contributed by atoms with E-state index in [1.807, 2.05) is 0 Å². The average molecular weight is 340 g/mol. The highest BCUT2D eigenvalue weighted by atomic mass is 16.5. The van der Waals surface area contributed by atoms with Crippen molar-refractivity contribution in [2.75, 3.05) is 13.2 Å². The van der Waals surface area contributed by atoms with Gasteiger partial charge in [-0.15, -0.1) is 0 Å². The van der Waals surface area contributed by atoms with Crippen LogP contribution in [0.2, 0.25) is 0 Å². The van der Waals surface area contributed by atoms with Crippen LogP contribution in [0.15, 0.2) is 42.5 Å². The molecule has 1 atom stereocenters. The van der Waals surface area contributed by atoms with Gasteiger partial charge in [-0.05, 0) is 56.5 Å². The van der Waals surface area contributed by atoms with E-state index in [1.165, 1.54) is 41.5 Å². The van der Waals surface area contributed by atoms with Gasteiger partial charge in [0.05, 0.1) is 6.61 Å². The SMILES string of the molecule is CCCCCCOc1ccc(CC(CN)c2cc(C)cc(C)c2)cc1. The molecule has 1 unspecified atom stereocenters. The van der Waals surface area contributed by atoms with Crippen molar-refractivity contribution < 1.29 is 4.74 Å². The van der Waals surface area contributed by atoms with E-state index in [0.29, 0.717) is 12.5 Å². The first-order valence-electron chi connectivity index (χ1n) is 9.62. The molecule has 25 heavy (non-hydrogen) atoms. The molecule has 0 aliphatic heterocycles. The maximum atomic E-state index is 6.06. The first-order valence-corrected chi connectivity index (χ1v) is 9.62. The highest BCUT2D eigenvalue weighted by molar-refractivity contribution is 5.34. The predicted octanol–water partition coefficient (Wildman–Crippen LogP) is 5.55. The molecule has 0 saturated heterocycles. The fourth-order valence-electron chi connectivity index (χ4n) is 3.31. The van der Waals surface area contributed by atoms with Crippen molar-refractivity contribution in [2.45, 2.75) is 58.8 Å². The van der Waals surface area contributed by atoms with Crippen molar-refractivity contribution in [3.63, 3.8) is 0 Å². The Labute approximate surface area is 153 Å². The van der Waals surface area contributed by atoms with Crippen LogP contribution in [-0.4, -0.2) is 13.2 Å². The topological polar surface area (TPSA) is 35.2 Å². The van der Waals surface area contributed by atoms with E-state index >= 15 is 0 Å². The maximum Gasteiger partial charge on any atom is 0.119 e. The fourth-order valence-corrected chi connectivity index (χ4v) is 3.31. The van der Waals surface area contributed by atoms with Gasteiger partial charge in [0.15, 0.2) is 0 Å². The van der Waals surface area contributed by atoms with Crippen LogP contribution >= 0.6 is 0 Å². The van der Waals surface area contributed by atoms with Crippen LogP contribution in [0, 0.1) is 13.8 Å². The molecule has 2 heteroatoms. The standard InChI is InChI=1S/C23H33NO/c1-4-5-6-7-12-25-23-10-8-20(9-11-23)16-22(17-24)21-14-18(2)13-19(3)15-21/h8-11,13-15,22H,4-7,12,16-17,24H2,1-3H3. The molecular weight excluding hydrogens is 306 g/mol. The molecule has 0 saturated carbocycles. The second-order valence-electron chi connectivity index (χ2n) is 7.11. The molecule has 2 aromatic rings. The number of hydrogen-bond acceptors (Lipinski definition) is 2. The van der Waals surface area contributed by atoms with Gasteiger partial charge < -0.3 is 10.5 Å². The van der Waals surface area contributed by atoms with E-state index in [4.69, 9.17) is 10.5 Å². The van der Waals surface area contributed by atoms with Crippen LogP contribution in [-0.2, 0) is 6.42 Å². The molecule has 2 N–H and O–H groups in total. The van der Waals surface area contributed by atoms with Gasteiger partial charge in [0.2, 0.25) is 0 Å². The van der Waals surface area contributed by atoms with E-state index in [2.05, 4.69) is 63.2 Å². The molecule has 0 aliphatic carbocycles. The zero-order chi connectivity index (χ0) is 18.1. The van der Waals surface area contributed by atoms with Crippen LogP contribution in [0.1, 0.15) is 60.8 Å². The molecule has 0 heterocycles. The second-order valence-corrected chi connectivity index (χ2v) is 7.11. The predicted molar refractivity (Wildman–Crippen MR) is 107 cm³/mol. The van der Waals surface area contributed by atoms with Crippen molar-refractivity contribution in [2.24, 2.45) is 5.73 Å². The van der Waals surface area contributed by atoms with Crippen LogP contribution in [0.4, 0.5) is 0 Å². The second kappa shape index (κ2) is 10.2. The Kier molecular flexibility index (Phi) is 8.00. The Morgan fingerprint density at radius 3 is 2.20 bits per heavy atom. The van der Waals surface area contributed by atoms with E-state index in [0.717, 1.165) is 25.2 Å². The number of nitrogens with two attached hydrogens (primary N) is 1. The minimum absolute atomic E-state index is 0.361. The molecule has 2 nitrogen and oxygen atoms in total. The Morgan fingerprint density at radius 2 is 1.60 bits per heavy atom. The monoisotopic (exact) mass is 339 g/mol. The third-order valence-corrected chi connectivity index (χ3v) is 4.67. The average Bonchev–Trinajstić information content (AvgIpc) is 2.60. The van der Waals surface area contributed by atoms with Gasteiger partial charge >= 0.3 is 0 Å². The van der Waals surface area contributed by atoms with Gasteiger partial charge in [0.1, 0.15) is 5.75 Å². The van der Waals surface area contributed by atoms with Crippen molar-refractivity contribution >= 4 is 0 Å². The van der Waals surface area contributed by atoms with E-state index in [-0.39, 0.29) is 0 Å². The van der Waals surface area contributed by atoms with Gasteiger partial charge in [0.25, 0.3) is 0 Å². The van der Waals surface area contributed by atoms with Gasteiger partial charge in [-0.3, -0.25) is 0 Å². The zero-order valence-electron chi connectivity index (χ0n) is 16.1. The highest BCUT2D eigenvalue weighted by Crippen LogP contribution is 2.23. The van der Waals surface area contributed by atoms with E-state index in [1.54, 1.807) is 0 Å². The summed E-state index contributed by atoms with van der Waals surface area (Å²) in [5, 5.41) is 0. The number of unbranched alkanes of at least 4 members (excludes halogenated alkanes) is 3. The van der Waals surface area contributed by atoms with Gasteiger partial charge in [-0.1, -0.05) is 67.6 Å². The summed E-state index contributed by atoms with van der Waals surface area (Å²) in [6.45, 7) is 8.01. The fraction of sp³-hybridized carbons (Fsp3) is 0.478. The highest BCUT2D eigenvalue weighted by Gasteiger charge is 2.12. The summed E-state index contributed by atoms with van der Waals surface area (Å²) in [5.41, 5.74) is 11.3. The normalized spacial score (nSPS) is 12.2. The molecule has 0 amide bonds. The van der Waals surface area contributed by atoms with Crippen LogP contribution in [0.5, 0.6) is 5.75 Å². The number of ether oxygens (including phenoxy) is 1. The molecule has 0 aromatic heterocycles. The lowest BCUT2D eigenvalue weighted by Crippen LogP contribution is -2.15. The molecule has 2 aromatic carbocycles. The van der Waals surface area contributed by atoms with Crippen molar-refractivity contribution in [3.05, 3.63) is 64.7 Å². The third kappa shape index (κ3) is 6.55. The van der Waals surface area contributed by atoms with Crippen molar-refractivity contribution in [1.29, 1.82) is 0 Å². The summed E-state index contributed by atoms with van der Waals surface area (Å²) in [7, 11) is 0. The van der Waals surface area contributed by atoms with Crippen LogP contribution < -0.4 is 10.5 Å². The summed E-state index contributed by atoms with van der Waals surface area (Å²) >= 11 is 0. The zero-order valence-corrected chi connectivity index (χ0v) is 16.1. The molecule has 0 spiro atoms. The Balaban J connectivity index is 1.92. The summed E-state index contributed by atoms with van der Waals surface area (Å²) in [5.74, 6) is 1.33. The van der Waals surface area contributed by atoms with Gasteiger partial charge in [-0.25, -0.2) is 0 Å².